The molecule has 0 bridgehead atoms. The number of methoxy groups -OCH3 is 1. The van der Waals surface area contributed by atoms with Gasteiger partial charge in [0, 0.05) is 34.1 Å². The minimum absolute atomic E-state index is 0.0751. The lowest BCUT2D eigenvalue weighted by Crippen LogP contribution is -2.68. The van der Waals surface area contributed by atoms with Crippen LogP contribution in [0.2, 0.25) is 0 Å². The highest BCUT2D eigenvalue weighted by molar-refractivity contribution is 8.15. The normalized spacial score (nSPS) is 21.0. The molecule has 0 aliphatic carbocycles. The summed E-state index contributed by atoms with van der Waals surface area (Å²) in [4.78, 5) is 85.1. The van der Waals surface area contributed by atoms with Crippen molar-refractivity contribution in [2.75, 3.05) is 20.3 Å². The molecule has 0 unspecified atom stereocenters. The maximum Gasteiger partial charge on any atom is 0.349 e. The maximum atomic E-state index is 13.1. The van der Waals surface area contributed by atoms with Crippen LogP contribution in [0.1, 0.15) is 39.7 Å². The zero-order chi connectivity index (χ0) is 37.0. The molecule has 0 saturated carbocycles. The lowest BCUT2D eigenvalue weighted by Gasteiger charge is -2.47. The van der Waals surface area contributed by atoms with Gasteiger partial charge in [-0.2, -0.15) is 0 Å². The molecule has 0 aromatic heterocycles. The van der Waals surface area contributed by atoms with Gasteiger partial charge in [-0.05, 0) is 28.5 Å². The first-order valence-electron chi connectivity index (χ1n) is 15.5. The van der Waals surface area contributed by atoms with E-state index < -0.39 is 95.8 Å². The van der Waals surface area contributed by atoms with Crippen molar-refractivity contribution in [3.05, 3.63) is 60.2 Å². The number of hydrogen-bond acceptors (Lipinski definition) is 14. The van der Waals surface area contributed by atoms with Gasteiger partial charge in [0.2, 0.25) is 10.8 Å². The molecular formula is C34H40N2O13S. The van der Waals surface area contributed by atoms with Gasteiger partial charge in [-0.1, -0.05) is 54.6 Å². The fourth-order valence-corrected chi connectivity index (χ4v) is 6.37. The molecule has 2 aromatic rings. The number of nitrogens with one attached hydrogen (secondary N) is 2. The van der Waals surface area contributed by atoms with Crippen molar-refractivity contribution in [2.45, 2.75) is 75.9 Å². The van der Waals surface area contributed by atoms with Gasteiger partial charge in [0.25, 0.3) is 5.91 Å². The summed E-state index contributed by atoms with van der Waals surface area (Å²) >= 11 is 0.383. The van der Waals surface area contributed by atoms with E-state index in [0.29, 0.717) is 17.3 Å². The second-order valence-corrected chi connectivity index (χ2v) is 12.8. The number of rotatable bonds is 14. The highest BCUT2D eigenvalue weighted by Crippen LogP contribution is 2.42. The summed E-state index contributed by atoms with van der Waals surface area (Å²) in [5.74, 6) is -5.03. The van der Waals surface area contributed by atoms with E-state index in [1.165, 1.54) is 0 Å². The summed E-state index contributed by atoms with van der Waals surface area (Å²) in [5.41, 5.74) is 2.61. The fourth-order valence-electron chi connectivity index (χ4n) is 5.33. The van der Waals surface area contributed by atoms with Gasteiger partial charge in [-0.15, -0.1) is 0 Å². The van der Waals surface area contributed by atoms with Crippen molar-refractivity contribution < 1.29 is 62.4 Å². The summed E-state index contributed by atoms with van der Waals surface area (Å²) in [7, 11) is 1.03. The van der Waals surface area contributed by atoms with E-state index in [0.717, 1.165) is 45.9 Å². The second-order valence-electron chi connectivity index (χ2n) is 11.3. The van der Waals surface area contributed by atoms with E-state index in [-0.39, 0.29) is 6.42 Å². The molecule has 2 amide bonds. The van der Waals surface area contributed by atoms with Crippen LogP contribution in [0.5, 0.6) is 0 Å². The summed E-state index contributed by atoms with van der Waals surface area (Å²) in [6.07, 6.45) is -7.24. The van der Waals surface area contributed by atoms with E-state index in [2.05, 4.69) is 10.6 Å². The molecule has 1 fully saturated rings. The Morgan fingerprint density at radius 2 is 1.50 bits per heavy atom. The third-order valence-corrected chi connectivity index (χ3v) is 8.39. The smallest absolute Gasteiger partial charge is 0.349 e. The lowest BCUT2D eigenvalue weighted by atomic mass is 9.89. The Kier molecular flexibility index (Phi) is 14.5. The molecule has 1 saturated heterocycles. The number of thioether (sulfide) groups is 1. The first kappa shape index (κ1) is 39.6. The molecule has 15 nitrogen and oxygen atoms in total. The van der Waals surface area contributed by atoms with Crippen molar-refractivity contribution in [1.82, 2.24) is 10.6 Å². The Labute approximate surface area is 292 Å². The Morgan fingerprint density at radius 1 is 0.880 bits per heavy atom. The number of benzene rings is 2. The zero-order valence-electron chi connectivity index (χ0n) is 28.2. The summed E-state index contributed by atoms with van der Waals surface area (Å²) < 4.78 is 26.8. The van der Waals surface area contributed by atoms with Crippen molar-refractivity contribution in [2.24, 2.45) is 0 Å². The Morgan fingerprint density at radius 3 is 2.06 bits per heavy atom. The minimum Gasteiger partial charge on any atom is -0.466 e. The monoisotopic (exact) mass is 716 g/mol. The molecule has 50 heavy (non-hydrogen) atoms. The van der Waals surface area contributed by atoms with Crippen LogP contribution in [0.25, 0.3) is 11.1 Å². The standard InChI is InChI=1S/C34H40N2O13S/c1-19(37)46-18-29(43)36-30-26(41)16-34(33(44)45-5,50-22(4)40)49-32(30)31(48-21(3)39)27(47-20(2)38)17-35-28(42)15-23-11-13-25(14-12-23)24-9-7-6-8-10-24/h6-14,26-27,30-32,41H,15-18H2,1-5H3,(H,35,42)(H,36,43)/t26-,27+,30+,31+,32+,34-/m0/s1. The molecule has 0 spiro atoms. The van der Waals surface area contributed by atoms with Gasteiger partial charge < -0.3 is 39.4 Å². The first-order chi connectivity index (χ1) is 23.6. The highest BCUT2D eigenvalue weighted by Gasteiger charge is 2.58. The van der Waals surface area contributed by atoms with Gasteiger partial charge in [-0.3, -0.25) is 28.8 Å². The van der Waals surface area contributed by atoms with Crippen LogP contribution in [0, 0.1) is 0 Å². The summed E-state index contributed by atoms with van der Waals surface area (Å²) in [5, 5.41) is 15.8. The van der Waals surface area contributed by atoms with Gasteiger partial charge in [0.15, 0.2) is 23.9 Å². The summed E-state index contributed by atoms with van der Waals surface area (Å²) in [6, 6.07) is 15.4. The number of carbonyl (C=O) groups is 7. The van der Waals surface area contributed by atoms with Crippen molar-refractivity contribution in [3.8, 4) is 11.1 Å². The number of ether oxygens (including phenoxy) is 5. The average molecular weight is 717 g/mol. The van der Waals surface area contributed by atoms with Crippen molar-refractivity contribution in [1.29, 1.82) is 0 Å². The molecule has 6 atom stereocenters. The molecule has 270 valence electrons. The molecule has 1 aliphatic rings. The van der Waals surface area contributed by atoms with Gasteiger partial charge in [-0.25, -0.2) is 4.79 Å². The predicted octanol–water partition coefficient (Wildman–Crippen LogP) is 1.22. The Bertz CT molecular complexity index is 1550. The maximum absolute atomic E-state index is 13.1. The van der Waals surface area contributed by atoms with Crippen LogP contribution < -0.4 is 10.6 Å². The van der Waals surface area contributed by atoms with Gasteiger partial charge in [0.1, 0.15) is 6.10 Å². The Balaban J connectivity index is 1.94. The van der Waals surface area contributed by atoms with Crippen molar-refractivity contribution in [3.63, 3.8) is 0 Å². The van der Waals surface area contributed by atoms with Crippen molar-refractivity contribution >= 4 is 52.6 Å². The Hall–Kier alpha value is -4.80. The number of carbonyl (C=O) groups excluding carboxylic acids is 7. The van der Waals surface area contributed by atoms with E-state index in [1.54, 1.807) is 12.1 Å². The number of hydrogen-bond donors (Lipinski definition) is 3. The van der Waals surface area contributed by atoms with E-state index in [4.69, 9.17) is 23.7 Å². The zero-order valence-corrected chi connectivity index (χ0v) is 29.0. The minimum atomic E-state index is -2.20. The van der Waals surface area contributed by atoms with E-state index >= 15 is 0 Å². The van der Waals surface area contributed by atoms with Crippen LogP contribution in [-0.2, 0) is 63.7 Å². The molecule has 0 radical (unpaired) electrons. The first-order valence-corrected chi connectivity index (χ1v) is 16.3. The number of aliphatic hydroxyl groups is 1. The van der Waals surface area contributed by atoms with Gasteiger partial charge >= 0.3 is 23.9 Å². The molecular weight excluding hydrogens is 676 g/mol. The van der Waals surface area contributed by atoms with Crippen LogP contribution >= 0.6 is 11.8 Å². The second kappa shape index (κ2) is 18.3. The fraction of sp³-hybridized carbons (Fsp3) is 0.441. The number of aliphatic hydroxyl groups excluding tert-OH is 1. The van der Waals surface area contributed by atoms with E-state index in [1.807, 2.05) is 42.5 Å². The highest BCUT2D eigenvalue weighted by atomic mass is 32.2. The van der Waals surface area contributed by atoms with Gasteiger partial charge in [0.05, 0.1) is 32.2 Å². The van der Waals surface area contributed by atoms with Crippen LogP contribution in [0.4, 0.5) is 0 Å². The number of esters is 4. The van der Waals surface area contributed by atoms with Crippen LogP contribution in [0.15, 0.2) is 54.6 Å². The molecule has 1 heterocycles. The topological polar surface area (TPSA) is 210 Å². The van der Waals surface area contributed by atoms with Crippen LogP contribution in [-0.4, -0.2) is 102 Å². The third-order valence-electron chi connectivity index (χ3n) is 7.35. The largest absolute Gasteiger partial charge is 0.466 e. The molecule has 2 aromatic carbocycles. The average Bonchev–Trinajstić information content (AvgIpc) is 3.05. The predicted molar refractivity (Wildman–Crippen MR) is 177 cm³/mol. The number of amides is 2. The molecule has 3 N–H and O–H groups in total. The molecule has 3 rings (SSSR count). The quantitative estimate of drug-likeness (QED) is 0.186. The summed E-state index contributed by atoms with van der Waals surface area (Å²) in [6.45, 7) is 3.10. The molecule has 16 heteroatoms. The van der Waals surface area contributed by atoms with Crippen LogP contribution in [0.3, 0.4) is 0 Å². The molecule has 1 aliphatic heterocycles. The van der Waals surface area contributed by atoms with E-state index in [9.17, 15) is 38.7 Å². The lowest BCUT2D eigenvalue weighted by molar-refractivity contribution is -0.216. The SMILES string of the molecule is COC(=O)[C@@]1(SC(C)=O)C[C@H](O)[C@@H](NC(=O)COC(C)=O)[C@H]([C@H](OC(C)=O)[C@@H](CNC(=O)Cc2ccc(-c3ccccc3)cc2)OC(C)=O)O1. The third kappa shape index (κ3) is 11.4.